The Morgan fingerprint density at radius 1 is 1.35 bits per heavy atom. The molecule has 23 heavy (non-hydrogen) atoms. The Kier molecular flexibility index (Phi) is 6.81. The highest BCUT2D eigenvalue weighted by Gasteiger charge is 2.24. The van der Waals surface area contributed by atoms with Crippen LogP contribution in [-0.2, 0) is 20.7 Å². The molecule has 0 unspecified atom stereocenters. The van der Waals surface area contributed by atoms with Crippen LogP contribution in [-0.4, -0.2) is 35.8 Å². The number of ether oxygens (including phenoxy) is 2. The molecule has 1 amide bonds. The zero-order valence-electron chi connectivity index (χ0n) is 14.1. The maximum absolute atomic E-state index is 11.8. The number of esters is 1. The number of aromatic nitrogens is 1. The summed E-state index contributed by atoms with van der Waals surface area (Å²) in [5.41, 5.74) is 6.43. The lowest BCUT2D eigenvalue weighted by atomic mass is 10.1. The van der Waals surface area contributed by atoms with Crippen LogP contribution in [0.3, 0.4) is 0 Å². The van der Waals surface area contributed by atoms with E-state index in [2.05, 4.69) is 10.3 Å². The summed E-state index contributed by atoms with van der Waals surface area (Å²) in [6.07, 6.45) is 2.71. The summed E-state index contributed by atoms with van der Waals surface area (Å²) in [5, 5.41) is 2.54. The number of carbonyl (C=O) groups is 2. The van der Waals surface area contributed by atoms with Crippen molar-refractivity contribution < 1.29 is 19.1 Å². The molecular formula is C16H25N3O4. The van der Waals surface area contributed by atoms with Crippen molar-refractivity contribution in [2.75, 3.05) is 12.8 Å². The molecule has 1 rings (SSSR count). The number of hydrogen-bond acceptors (Lipinski definition) is 6. The van der Waals surface area contributed by atoms with E-state index in [4.69, 9.17) is 15.2 Å². The number of amides is 1. The number of hydrogen-bond donors (Lipinski definition) is 2. The Morgan fingerprint density at radius 3 is 2.57 bits per heavy atom. The van der Waals surface area contributed by atoms with Gasteiger partial charge >= 0.3 is 12.1 Å². The summed E-state index contributed by atoms with van der Waals surface area (Å²) >= 11 is 0. The van der Waals surface area contributed by atoms with Crippen molar-refractivity contribution >= 4 is 17.7 Å². The molecule has 0 spiro atoms. The number of alkyl carbamates (subject to hydrolysis) is 1. The van der Waals surface area contributed by atoms with Gasteiger partial charge in [0, 0.05) is 5.69 Å². The number of methoxy groups -OCH3 is 1. The molecule has 128 valence electrons. The fraction of sp³-hybridized carbons (Fsp3) is 0.562. The summed E-state index contributed by atoms with van der Waals surface area (Å²) in [5.74, 6) is -0.499. The van der Waals surface area contributed by atoms with Crippen molar-refractivity contribution in [1.29, 1.82) is 0 Å². The van der Waals surface area contributed by atoms with E-state index in [-0.39, 0.29) is 0 Å². The SMILES string of the molecule is COC(=O)[C@H](CCCc1ccc(N)cn1)NC(=O)OC(C)(C)C. The first-order chi connectivity index (χ1) is 10.7. The molecular weight excluding hydrogens is 298 g/mol. The quantitative estimate of drug-likeness (QED) is 0.777. The zero-order chi connectivity index (χ0) is 17.5. The fourth-order valence-electron chi connectivity index (χ4n) is 1.91. The van der Waals surface area contributed by atoms with Crippen molar-refractivity contribution in [3.05, 3.63) is 24.0 Å². The third-order valence-electron chi connectivity index (χ3n) is 2.95. The summed E-state index contributed by atoms with van der Waals surface area (Å²) in [4.78, 5) is 27.8. The van der Waals surface area contributed by atoms with Gasteiger partial charge in [-0.25, -0.2) is 9.59 Å². The number of nitrogen functional groups attached to an aromatic ring is 1. The maximum Gasteiger partial charge on any atom is 0.408 e. The number of nitrogens with one attached hydrogen (secondary N) is 1. The van der Waals surface area contributed by atoms with E-state index in [1.54, 1.807) is 33.0 Å². The lowest BCUT2D eigenvalue weighted by Crippen LogP contribution is -2.44. The van der Waals surface area contributed by atoms with Gasteiger partial charge in [-0.3, -0.25) is 4.98 Å². The zero-order valence-corrected chi connectivity index (χ0v) is 14.1. The summed E-state index contributed by atoms with van der Waals surface area (Å²) < 4.78 is 9.88. The lowest BCUT2D eigenvalue weighted by Gasteiger charge is -2.22. The van der Waals surface area contributed by atoms with Crippen LogP contribution in [0.2, 0.25) is 0 Å². The Labute approximate surface area is 136 Å². The average Bonchev–Trinajstić information content (AvgIpc) is 2.45. The van der Waals surface area contributed by atoms with Crippen LogP contribution in [0.5, 0.6) is 0 Å². The molecule has 0 aliphatic carbocycles. The molecule has 0 bridgehead atoms. The second-order valence-electron chi connectivity index (χ2n) is 6.20. The highest BCUT2D eigenvalue weighted by Crippen LogP contribution is 2.10. The molecule has 1 atom stereocenters. The van der Waals surface area contributed by atoms with Crippen LogP contribution >= 0.6 is 0 Å². The minimum absolute atomic E-state index is 0.429. The van der Waals surface area contributed by atoms with Gasteiger partial charge in [-0.05, 0) is 52.2 Å². The first-order valence-corrected chi connectivity index (χ1v) is 7.49. The topological polar surface area (TPSA) is 104 Å². The first-order valence-electron chi connectivity index (χ1n) is 7.49. The summed E-state index contributed by atoms with van der Waals surface area (Å²) in [7, 11) is 1.29. The van der Waals surface area contributed by atoms with Gasteiger partial charge in [0.15, 0.2) is 0 Å². The minimum atomic E-state index is -0.747. The van der Waals surface area contributed by atoms with E-state index >= 15 is 0 Å². The highest BCUT2D eigenvalue weighted by molar-refractivity contribution is 5.81. The van der Waals surface area contributed by atoms with E-state index in [9.17, 15) is 9.59 Å². The first kappa shape index (κ1) is 18.7. The number of nitrogens with two attached hydrogens (primary N) is 1. The molecule has 0 aliphatic heterocycles. The second-order valence-corrected chi connectivity index (χ2v) is 6.20. The van der Waals surface area contributed by atoms with Gasteiger partial charge < -0.3 is 20.5 Å². The number of nitrogens with zero attached hydrogens (tertiary/aromatic N) is 1. The molecule has 0 radical (unpaired) electrons. The van der Waals surface area contributed by atoms with Crippen LogP contribution in [0.25, 0.3) is 0 Å². The molecule has 1 aromatic heterocycles. The number of pyridine rings is 1. The van der Waals surface area contributed by atoms with Crippen LogP contribution in [0.1, 0.15) is 39.3 Å². The van der Waals surface area contributed by atoms with Crippen molar-refractivity contribution in [2.45, 2.75) is 51.7 Å². The van der Waals surface area contributed by atoms with E-state index in [0.717, 1.165) is 5.69 Å². The van der Waals surface area contributed by atoms with Crippen LogP contribution in [0.15, 0.2) is 18.3 Å². The Balaban J connectivity index is 2.52. The standard InChI is InChI=1S/C16H25N3O4/c1-16(2,3)23-15(21)19-13(14(20)22-4)7-5-6-12-9-8-11(17)10-18-12/h8-10,13H,5-7,17H2,1-4H3,(H,19,21)/t13-/m0/s1. The molecule has 0 saturated carbocycles. The predicted octanol–water partition coefficient (Wildman–Crippen LogP) is 2.05. The lowest BCUT2D eigenvalue weighted by molar-refractivity contribution is -0.143. The fourth-order valence-corrected chi connectivity index (χ4v) is 1.91. The Bertz CT molecular complexity index is 523. The number of rotatable bonds is 6. The summed E-state index contributed by atoms with van der Waals surface area (Å²) in [6.45, 7) is 5.27. The predicted molar refractivity (Wildman–Crippen MR) is 86.8 cm³/mol. The van der Waals surface area contributed by atoms with E-state index in [1.165, 1.54) is 7.11 Å². The van der Waals surface area contributed by atoms with Gasteiger partial charge in [0.25, 0.3) is 0 Å². The number of carbonyl (C=O) groups excluding carboxylic acids is 2. The highest BCUT2D eigenvalue weighted by atomic mass is 16.6. The smallest absolute Gasteiger partial charge is 0.408 e. The van der Waals surface area contributed by atoms with E-state index < -0.39 is 23.7 Å². The van der Waals surface area contributed by atoms with Crippen molar-refractivity contribution in [1.82, 2.24) is 10.3 Å². The molecule has 0 aliphatic rings. The Morgan fingerprint density at radius 2 is 2.04 bits per heavy atom. The van der Waals surface area contributed by atoms with Crippen molar-refractivity contribution in [3.63, 3.8) is 0 Å². The van der Waals surface area contributed by atoms with Crippen LogP contribution < -0.4 is 11.1 Å². The van der Waals surface area contributed by atoms with Gasteiger partial charge in [-0.2, -0.15) is 0 Å². The molecule has 0 aromatic carbocycles. The van der Waals surface area contributed by atoms with Crippen LogP contribution in [0, 0.1) is 0 Å². The minimum Gasteiger partial charge on any atom is -0.467 e. The van der Waals surface area contributed by atoms with Gasteiger partial charge in [0.05, 0.1) is 19.0 Å². The normalized spacial score (nSPS) is 12.3. The summed E-state index contributed by atoms with van der Waals surface area (Å²) in [6, 6.07) is 2.87. The van der Waals surface area contributed by atoms with Crippen LogP contribution in [0.4, 0.5) is 10.5 Å². The second kappa shape index (κ2) is 8.36. The monoisotopic (exact) mass is 323 g/mol. The molecule has 3 N–H and O–H groups in total. The number of anilines is 1. The van der Waals surface area contributed by atoms with E-state index in [0.29, 0.717) is 24.9 Å². The molecule has 0 saturated heterocycles. The molecule has 1 heterocycles. The Hall–Kier alpha value is -2.31. The molecule has 7 nitrogen and oxygen atoms in total. The average molecular weight is 323 g/mol. The number of aryl methyl sites for hydroxylation is 1. The third kappa shape index (κ3) is 7.49. The maximum atomic E-state index is 11.8. The van der Waals surface area contributed by atoms with Gasteiger partial charge in [0.1, 0.15) is 11.6 Å². The van der Waals surface area contributed by atoms with Crippen molar-refractivity contribution in [2.24, 2.45) is 0 Å². The largest absolute Gasteiger partial charge is 0.467 e. The molecule has 1 aromatic rings. The van der Waals surface area contributed by atoms with E-state index in [1.807, 2.05) is 6.07 Å². The molecule has 7 heteroatoms. The molecule has 0 fully saturated rings. The van der Waals surface area contributed by atoms with Gasteiger partial charge in [-0.15, -0.1) is 0 Å². The van der Waals surface area contributed by atoms with Crippen molar-refractivity contribution in [3.8, 4) is 0 Å². The third-order valence-corrected chi connectivity index (χ3v) is 2.95. The van der Waals surface area contributed by atoms with Gasteiger partial charge in [-0.1, -0.05) is 0 Å². The van der Waals surface area contributed by atoms with Gasteiger partial charge in [0.2, 0.25) is 0 Å².